The molecule has 4 heteroatoms. The Morgan fingerprint density at radius 2 is 0.922 bits per heavy atom. The minimum Gasteiger partial charge on any atom is -0.308 e. The van der Waals surface area contributed by atoms with E-state index in [4.69, 9.17) is 23.2 Å². The topological polar surface area (TPSA) is 3.24 Å². The first-order valence-electron chi connectivity index (χ1n) is 26.9. The molecule has 0 bridgehead atoms. The third kappa shape index (κ3) is 9.39. The largest absolute Gasteiger partial charge is 0.308 e. The van der Waals surface area contributed by atoms with Gasteiger partial charge < -0.3 is 4.90 Å². The molecule has 1 atom stereocenters. The van der Waals surface area contributed by atoms with Crippen LogP contribution in [0, 0.1) is 0 Å². The van der Waals surface area contributed by atoms with Gasteiger partial charge in [0.25, 0.3) is 0 Å². The van der Waals surface area contributed by atoms with Crippen LogP contribution < -0.4 is 4.90 Å². The van der Waals surface area contributed by atoms with Crippen LogP contribution in [0.25, 0.3) is 75.8 Å². The molecule has 12 rings (SSSR count). The van der Waals surface area contributed by atoms with Gasteiger partial charge in [0, 0.05) is 26.9 Å². The average Bonchev–Trinajstić information content (AvgIpc) is 3.94. The van der Waals surface area contributed by atoms with Crippen LogP contribution in [-0.2, 0) is 16.2 Å². The molecule has 0 aliphatic heterocycles. The third-order valence-corrected chi connectivity index (χ3v) is 17.4. The molecule has 1 aromatic heterocycles. The van der Waals surface area contributed by atoms with Gasteiger partial charge in [-0.15, -0.1) is 11.3 Å². The highest BCUT2D eigenvalue weighted by Gasteiger charge is 2.32. The van der Waals surface area contributed by atoms with E-state index >= 15 is 0 Å². The number of anilines is 3. The predicted octanol–water partition coefficient (Wildman–Crippen LogP) is 22.6. The average molecular weight is 1060 g/mol. The first kappa shape index (κ1) is 50.6. The lowest BCUT2D eigenvalue weighted by Gasteiger charge is -2.32. The molecule has 1 nitrogen and oxygen atoms in total. The summed E-state index contributed by atoms with van der Waals surface area (Å²) in [5, 5.41) is 12.4. The van der Waals surface area contributed by atoms with E-state index in [0.29, 0.717) is 10.0 Å². The molecule has 380 valence electrons. The van der Waals surface area contributed by atoms with E-state index in [9.17, 15) is 0 Å². The second-order valence-electron chi connectivity index (χ2n) is 24.1. The zero-order valence-electron chi connectivity index (χ0n) is 45.4. The maximum absolute atomic E-state index is 8.41. The van der Waals surface area contributed by atoms with Gasteiger partial charge in [-0.25, -0.2) is 0 Å². The summed E-state index contributed by atoms with van der Waals surface area (Å²) in [7, 11) is 0. The third-order valence-electron chi connectivity index (χ3n) is 15.8. The van der Waals surface area contributed by atoms with E-state index in [1.54, 1.807) is 11.3 Å². The summed E-state index contributed by atoms with van der Waals surface area (Å²) in [4.78, 5) is 2.36. The Morgan fingerprint density at radius 1 is 0.390 bits per heavy atom. The molecule has 0 aliphatic carbocycles. The van der Waals surface area contributed by atoms with Crippen LogP contribution in [0.3, 0.4) is 0 Å². The fourth-order valence-corrected chi connectivity index (χ4v) is 13.0. The first-order valence-corrected chi connectivity index (χ1v) is 28.5. The highest BCUT2D eigenvalue weighted by molar-refractivity contribution is 7.17. The maximum Gasteiger partial charge on any atom is 0.0689 e. The smallest absolute Gasteiger partial charge is 0.0689 e. The van der Waals surface area contributed by atoms with Crippen LogP contribution >= 0.6 is 34.5 Å². The van der Waals surface area contributed by atoms with Crippen molar-refractivity contribution in [3.05, 3.63) is 255 Å². The summed E-state index contributed by atoms with van der Waals surface area (Å²) in [5.41, 5.74) is 16.5. The van der Waals surface area contributed by atoms with E-state index in [0.717, 1.165) is 50.4 Å². The fourth-order valence-electron chi connectivity index (χ4n) is 11.5. The molecule has 1 unspecified atom stereocenters. The number of hydrogen-bond donors (Lipinski definition) is 0. The summed E-state index contributed by atoms with van der Waals surface area (Å²) < 4.78 is 1.24. The second kappa shape index (κ2) is 19.4. The predicted molar refractivity (Wildman–Crippen MR) is 336 cm³/mol. The second-order valence-corrected chi connectivity index (χ2v) is 25.8. The molecule has 0 fully saturated rings. The molecule has 0 N–H and O–H groups in total. The van der Waals surface area contributed by atoms with Crippen molar-refractivity contribution in [2.75, 3.05) is 4.90 Å². The number of fused-ring (bicyclic) bond motifs is 1. The van der Waals surface area contributed by atoms with Crippen LogP contribution in [0.1, 0.15) is 102 Å². The normalized spacial score (nSPS) is 12.8. The maximum atomic E-state index is 8.41. The van der Waals surface area contributed by atoms with E-state index in [1.807, 2.05) is 0 Å². The Bertz CT molecular complexity index is 4100. The Morgan fingerprint density at radius 3 is 1.55 bits per heavy atom. The number of hydrogen-bond acceptors (Lipinski definition) is 2. The summed E-state index contributed by atoms with van der Waals surface area (Å²) in [6.07, 6.45) is 0. The van der Waals surface area contributed by atoms with Gasteiger partial charge in [-0.05, 0) is 181 Å². The van der Waals surface area contributed by atoms with E-state index in [2.05, 4.69) is 279 Å². The fraction of sp³-hybridized carbons (Fsp3) is 0.178. The first-order chi connectivity index (χ1) is 36.9. The SMILES string of the molecule is CC(C)(C)c1ccc(C(c2cc(Cl)cc(N(c3ccc(-c4ccccc4)cc3)c3ccc(C(C)(C)C)cc3-c3cc4ccc5cccc6ccc(c3)c4c56)c2Cl)c2csc3ccc(C(C)(C)C)cc23)c(-c2ccccc2)c1. The molecule has 0 saturated heterocycles. The van der Waals surface area contributed by atoms with Crippen LogP contribution in [0.2, 0.25) is 10.0 Å². The summed E-state index contributed by atoms with van der Waals surface area (Å²) in [6, 6.07) is 76.1. The molecule has 1 heterocycles. The lowest BCUT2D eigenvalue weighted by molar-refractivity contribution is 0.590. The number of nitrogens with zero attached hydrogens (tertiary/aromatic N) is 1. The van der Waals surface area contributed by atoms with Crippen LogP contribution in [0.15, 0.2) is 212 Å². The lowest BCUT2D eigenvalue weighted by atomic mass is 9.77. The summed E-state index contributed by atoms with van der Waals surface area (Å²) in [5.74, 6) is -0.307. The van der Waals surface area contributed by atoms with Gasteiger partial charge in [-0.3, -0.25) is 0 Å². The zero-order chi connectivity index (χ0) is 53.5. The summed E-state index contributed by atoms with van der Waals surface area (Å²) in [6.45, 7) is 20.6. The molecule has 0 radical (unpaired) electrons. The number of halogens is 2. The van der Waals surface area contributed by atoms with Gasteiger partial charge >= 0.3 is 0 Å². The number of thiophene rings is 1. The van der Waals surface area contributed by atoms with Gasteiger partial charge in [0.1, 0.15) is 0 Å². The lowest BCUT2D eigenvalue weighted by Crippen LogP contribution is -2.16. The highest BCUT2D eigenvalue weighted by atomic mass is 35.5. The van der Waals surface area contributed by atoms with Crippen molar-refractivity contribution < 1.29 is 0 Å². The Kier molecular flexibility index (Phi) is 12.7. The van der Waals surface area contributed by atoms with Gasteiger partial charge in [-0.2, -0.15) is 0 Å². The van der Waals surface area contributed by atoms with Gasteiger partial charge in [-0.1, -0.05) is 231 Å². The monoisotopic (exact) mass is 1060 g/mol. The number of rotatable bonds is 9. The van der Waals surface area contributed by atoms with Crippen molar-refractivity contribution >= 4 is 94.0 Å². The van der Waals surface area contributed by atoms with Crippen molar-refractivity contribution in [3.8, 4) is 33.4 Å². The van der Waals surface area contributed by atoms with Gasteiger partial charge in [0.05, 0.1) is 16.4 Å². The summed E-state index contributed by atoms with van der Waals surface area (Å²) >= 11 is 17.9. The Balaban J connectivity index is 1.15. The van der Waals surface area contributed by atoms with Crippen molar-refractivity contribution in [2.24, 2.45) is 0 Å². The van der Waals surface area contributed by atoms with E-state index in [1.165, 1.54) is 75.8 Å². The molecule has 0 amide bonds. The molecule has 11 aromatic carbocycles. The highest BCUT2D eigenvalue weighted by Crippen LogP contribution is 2.53. The Hall–Kier alpha value is -7.20. The van der Waals surface area contributed by atoms with Gasteiger partial charge in [0.15, 0.2) is 0 Å². The molecule has 0 saturated carbocycles. The molecule has 77 heavy (non-hydrogen) atoms. The Labute approximate surface area is 468 Å². The van der Waals surface area contributed by atoms with Crippen molar-refractivity contribution in [2.45, 2.75) is 84.5 Å². The molecule has 12 aromatic rings. The minimum atomic E-state index is -0.307. The van der Waals surface area contributed by atoms with E-state index < -0.39 is 0 Å². The van der Waals surface area contributed by atoms with Crippen molar-refractivity contribution in [1.82, 2.24) is 0 Å². The molecular formula is C73H63Cl2NS. The molecule has 0 aliphatic rings. The van der Waals surface area contributed by atoms with Crippen molar-refractivity contribution in [3.63, 3.8) is 0 Å². The zero-order valence-corrected chi connectivity index (χ0v) is 47.7. The number of benzene rings is 11. The van der Waals surface area contributed by atoms with Gasteiger partial charge in [0.2, 0.25) is 0 Å². The minimum absolute atomic E-state index is 0.0556. The quantitative estimate of drug-likeness (QED) is 0.130. The standard InChI is InChI=1S/C73H63Cl2NS/c1-71(2,3)53-29-34-58(59(39-53)47-19-14-11-15-20-47)69(63-44-77-66-36-31-55(41-61(63)66)73(7,8)9)62-42-56(74)43-65(70(62)75)76(57-32-27-46(28-33-57)45-17-12-10-13-18-45)64-35-30-54(72(4,5)6)40-60(64)52-37-50-25-23-48-21-16-22-49-24-26-51(38-52)68(50)67(48)49/h10-44,69H,1-9H3. The molecule has 0 spiro atoms. The van der Waals surface area contributed by atoms with Crippen LogP contribution in [0.5, 0.6) is 0 Å². The van der Waals surface area contributed by atoms with Crippen LogP contribution in [-0.4, -0.2) is 0 Å². The van der Waals surface area contributed by atoms with Crippen LogP contribution in [0.4, 0.5) is 17.1 Å². The van der Waals surface area contributed by atoms with Crippen molar-refractivity contribution in [1.29, 1.82) is 0 Å². The van der Waals surface area contributed by atoms with E-state index in [-0.39, 0.29) is 22.2 Å². The molecular weight excluding hydrogens is 994 g/mol.